The molecule has 22 heavy (non-hydrogen) atoms. The van der Waals surface area contributed by atoms with Crippen LogP contribution >= 0.6 is 0 Å². The molecule has 1 fully saturated rings. The molecule has 5 N–H and O–H groups in total. The molecule has 2 aromatic rings. The number of aromatic nitrogens is 4. The predicted octanol–water partition coefficient (Wildman–Crippen LogP) is -1.04. The second-order valence-corrected chi connectivity index (χ2v) is 4.65. The first-order valence-electron chi connectivity index (χ1n) is 6.24. The summed E-state index contributed by atoms with van der Waals surface area (Å²) in [6.07, 6.45) is -3.23. The van der Waals surface area contributed by atoms with Crippen molar-refractivity contribution in [2.45, 2.75) is 24.5 Å². The normalized spacial score (nSPS) is 28.0. The summed E-state index contributed by atoms with van der Waals surface area (Å²) in [6.45, 7) is -0.456. The van der Waals surface area contributed by atoms with E-state index in [1.54, 1.807) is 0 Å². The second kappa shape index (κ2) is 5.36. The van der Waals surface area contributed by atoms with Crippen LogP contribution in [0.15, 0.2) is 11.4 Å². The standard InChI is InChI=1S/C10H12N8O4/c11-10-14-7(16-17-12)4-8(15-10)18(2-13-4)9-6(21)5(20)3(1-19)22-9/h2-3,5-6,9,19-21H,1H2,(H2,11,14,15)/t3-,5-,6-,9-/m1/s1. The van der Waals surface area contributed by atoms with E-state index in [1.807, 2.05) is 0 Å². The maximum absolute atomic E-state index is 10.0. The van der Waals surface area contributed by atoms with Gasteiger partial charge in [-0.3, -0.25) is 4.57 Å². The van der Waals surface area contributed by atoms with Gasteiger partial charge < -0.3 is 25.8 Å². The Morgan fingerprint density at radius 3 is 2.82 bits per heavy atom. The zero-order chi connectivity index (χ0) is 15.9. The summed E-state index contributed by atoms with van der Waals surface area (Å²) in [6, 6.07) is 0. The van der Waals surface area contributed by atoms with Crippen LogP contribution in [-0.2, 0) is 4.74 Å². The third kappa shape index (κ3) is 2.11. The molecule has 1 aliphatic heterocycles. The number of anilines is 1. The predicted molar refractivity (Wildman–Crippen MR) is 71.6 cm³/mol. The van der Waals surface area contributed by atoms with E-state index in [2.05, 4.69) is 25.0 Å². The van der Waals surface area contributed by atoms with Crippen molar-refractivity contribution < 1.29 is 20.1 Å². The zero-order valence-electron chi connectivity index (χ0n) is 11.1. The number of nitrogens with zero attached hydrogens (tertiary/aromatic N) is 7. The van der Waals surface area contributed by atoms with E-state index >= 15 is 0 Å². The van der Waals surface area contributed by atoms with E-state index in [0.717, 1.165) is 0 Å². The van der Waals surface area contributed by atoms with Crippen LogP contribution in [-0.4, -0.2) is 59.8 Å². The maximum atomic E-state index is 10.0. The lowest BCUT2D eigenvalue weighted by atomic mass is 10.1. The van der Waals surface area contributed by atoms with E-state index in [4.69, 9.17) is 21.1 Å². The first-order valence-corrected chi connectivity index (χ1v) is 6.24. The molecule has 0 spiro atoms. The third-order valence-electron chi connectivity index (χ3n) is 3.35. The summed E-state index contributed by atoms with van der Waals surface area (Å²) in [5.41, 5.74) is 14.4. The topological polar surface area (TPSA) is 188 Å². The molecule has 1 saturated heterocycles. The highest BCUT2D eigenvalue weighted by atomic mass is 16.6. The lowest BCUT2D eigenvalue weighted by Gasteiger charge is -2.16. The number of fused-ring (bicyclic) bond motifs is 1. The molecule has 0 aromatic carbocycles. The smallest absolute Gasteiger partial charge is 0.222 e. The average Bonchev–Trinajstić information content (AvgIpc) is 3.02. The fourth-order valence-electron chi connectivity index (χ4n) is 2.33. The van der Waals surface area contributed by atoms with Crippen LogP contribution in [0.4, 0.5) is 11.8 Å². The second-order valence-electron chi connectivity index (χ2n) is 4.65. The Labute approximate surface area is 122 Å². The minimum atomic E-state index is -1.30. The Balaban J connectivity index is 2.11. The summed E-state index contributed by atoms with van der Waals surface area (Å²) < 4.78 is 6.72. The number of nitrogen functional groups attached to an aromatic ring is 1. The van der Waals surface area contributed by atoms with Crippen molar-refractivity contribution in [2.24, 2.45) is 5.11 Å². The van der Waals surface area contributed by atoms with Gasteiger partial charge in [0.2, 0.25) is 5.95 Å². The van der Waals surface area contributed by atoms with Gasteiger partial charge in [0.15, 0.2) is 17.7 Å². The minimum absolute atomic E-state index is 0.0597. The largest absolute Gasteiger partial charge is 0.394 e. The molecule has 0 amide bonds. The Morgan fingerprint density at radius 2 is 2.18 bits per heavy atom. The number of nitrogens with two attached hydrogens (primary N) is 1. The number of azide groups is 1. The highest BCUT2D eigenvalue weighted by molar-refractivity contribution is 5.82. The molecule has 0 aliphatic carbocycles. The number of hydrogen-bond acceptors (Lipinski definition) is 9. The van der Waals surface area contributed by atoms with Gasteiger partial charge in [0.1, 0.15) is 23.8 Å². The SMILES string of the molecule is [N-]=[N+]=Nc1nc(N)nc2c1ncn2[C@@H]1O[C@H](CO)[C@@H](O)[C@H]1O. The summed E-state index contributed by atoms with van der Waals surface area (Å²) in [4.78, 5) is 14.4. The van der Waals surface area contributed by atoms with E-state index in [0.29, 0.717) is 0 Å². The molecule has 3 heterocycles. The van der Waals surface area contributed by atoms with Crippen LogP contribution in [0.1, 0.15) is 6.23 Å². The lowest BCUT2D eigenvalue weighted by Crippen LogP contribution is -2.33. The maximum Gasteiger partial charge on any atom is 0.222 e. The molecule has 12 nitrogen and oxygen atoms in total. The molecule has 3 rings (SSSR count). The Kier molecular flexibility index (Phi) is 3.52. The molecule has 12 heteroatoms. The number of imidazole rings is 1. The Bertz CT molecular complexity index is 757. The molecule has 2 aromatic heterocycles. The number of aliphatic hydroxyl groups excluding tert-OH is 3. The van der Waals surface area contributed by atoms with Gasteiger partial charge in [0, 0.05) is 4.91 Å². The molecular weight excluding hydrogens is 296 g/mol. The number of rotatable bonds is 3. The van der Waals surface area contributed by atoms with Crippen molar-refractivity contribution in [1.82, 2.24) is 19.5 Å². The molecule has 4 atom stereocenters. The van der Waals surface area contributed by atoms with Gasteiger partial charge in [-0.1, -0.05) is 0 Å². The highest BCUT2D eigenvalue weighted by Crippen LogP contribution is 2.32. The number of aliphatic hydroxyl groups is 3. The molecule has 1 aliphatic rings. The van der Waals surface area contributed by atoms with E-state index < -0.39 is 31.1 Å². The van der Waals surface area contributed by atoms with Crippen LogP contribution in [0.25, 0.3) is 21.6 Å². The third-order valence-corrected chi connectivity index (χ3v) is 3.35. The van der Waals surface area contributed by atoms with Crippen molar-refractivity contribution >= 4 is 22.9 Å². The van der Waals surface area contributed by atoms with Crippen LogP contribution in [0.3, 0.4) is 0 Å². The van der Waals surface area contributed by atoms with Crippen molar-refractivity contribution in [3.05, 3.63) is 16.8 Å². The fraction of sp³-hybridized carbons (Fsp3) is 0.500. The van der Waals surface area contributed by atoms with Crippen molar-refractivity contribution in [2.75, 3.05) is 12.3 Å². The van der Waals surface area contributed by atoms with Crippen molar-refractivity contribution in [1.29, 1.82) is 0 Å². The van der Waals surface area contributed by atoms with Crippen molar-refractivity contribution in [3.63, 3.8) is 0 Å². The lowest BCUT2D eigenvalue weighted by molar-refractivity contribution is -0.0511. The first-order chi connectivity index (χ1) is 10.6. The van der Waals surface area contributed by atoms with Gasteiger partial charge in [-0.15, -0.1) is 0 Å². The average molecular weight is 308 g/mol. The van der Waals surface area contributed by atoms with Crippen molar-refractivity contribution in [3.8, 4) is 0 Å². The monoisotopic (exact) mass is 308 g/mol. The Hall–Kier alpha value is -2.50. The first kappa shape index (κ1) is 14.4. The quantitative estimate of drug-likeness (QED) is 0.314. The van der Waals surface area contributed by atoms with Gasteiger partial charge in [-0.2, -0.15) is 4.98 Å². The molecule has 0 bridgehead atoms. The van der Waals surface area contributed by atoms with Crippen LogP contribution < -0.4 is 5.73 Å². The summed E-state index contributed by atoms with van der Waals surface area (Å²) >= 11 is 0. The van der Waals surface area contributed by atoms with Crippen LogP contribution in [0.5, 0.6) is 0 Å². The minimum Gasteiger partial charge on any atom is -0.394 e. The highest BCUT2D eigenvalue weighted by Gasteiger charge is 2.44. The Morgan fingerprint density at radius 1 is 1.41 bits per heavy atom. The van der Waals surface area contributed by atoms with Crippen LogP contribution in [0, 0.1) is 0 Å². The van der Waals surface area contributed by atoms with Gasteiger partial charge in [0.25, 0.3) is 0 Å². The van der Waals surface area contributed by atoms with Gasteiger partial charge >= 0.3 is 0 Å². The number of ether oxygens (including phenoxy) is 1. The fourth-order valence-corrected chi connectivity index (χ4v) is 2.33. The van der Waals surface area contributed by atoms with Gasteiger partial charge in [0.05, 0.1) is 12.9 Å². The molecule has 0 radical (unpaired) electrons. The molecule has 0 unspecified atom stereocenters. The zero-order valence-corrected chi connectivity index (χ0v) is 11.1. The molecular formula is C10H12N8O4. The summed E-state index contributed by atoms with van der Waals surface area (Å²) in [7, 11) is 0. The van der Waals surface area contributed by atoms with Crippen LogP contribution in [0.2, 0.25) is 0 Å². The molecule has 116 valence electrons. The van der Waals surface area contributed by atoms with E-state index in [-0.39, 0.29) is 22.9 Å². The van der Waals surface area contributed by atoms with Gasteiger partial charge in [-0.25, -0.2) is 9.97 Å². The summed E-state index contributed by atoms with van der Waals surface area (Å²) in [5.74, 6) is -0.209. The number of hydrogen-bond donors (Lipinski definition) is 4. The molecule has 0 saturated carbocycles. The van der Waals surface area contributed by atoms with Gasteiger partial charge in [-0.05, 0) is 10.6 Å². The van der Waals surface area contributed by atoms with E-state index in [9.17, 15) is 10.2 Å². The van der Waals surface area contributed by atoms with E-state index in [1.165, 1.54) is 10.9 Å². The summed E-state index contributed by atoms with van der Waals surface area (Å²) in [5, 5.41) is 32.3.